The number of nitrogens with two attached hydrogens (primary N) is 1. The lowest BCUT2D eigenvalue weighted by Gasteiger charge is -2.12. The summed E-state index contributed by atoms with van der Waals surface area (Å²) in [5.41, 5.74) is 1.75. The second kappa shape index (κ2) is 6.31. The van der Waals surface area contributed by atoms with Crippen molar-refractivity contribution in [2.75, 3.05) is 17.2 Å². The van der Waals surface area contributed by atoms with Gasteiger partial charge in [0.15, 0.2) is 5.13 Å². The van der Waals surface area contributed by atoms with Gasteiger partial charge in [-0.15, -0.1) is 11.3 Å². The van der Waals surface area contributed by atoms with Gasteiger partial charge in [-0.1, -0.05) is 28.1 Å². The van der Waals surface area contributed by atoms with E-state index in [1.165, 1.54) is 11.3 Å². The number of rotatable bonds is 4. The third kappa shape index (κ3) is 3.97. The van der Waals surface area contributed by atoms with Crippen LogP contribution >= 0.6 is 27.3 Å². The van der Waals surface area contributed by atoms with Crippen LogP contribution in [0.1, 0.15) is 6.42 Å². The first kappa shape index (κ1) is 16.6. The highest BCUT2D eigenvalue weighted by Crippen LogP contribution is 2.32. The van der Waals surface area contributed by atoms with Gasteiger partial charge in [0.1, 0.15) is 0 Å². The molecule has 23 heavy (non-hydrogen) atoms. The number of nitrogens with zero attached hydrogens (tertiary/aromatic N) is 2. The van der Waals surface area contributed by atoms with Crippen LogP contribution in [0.5, 0.6) is 0 Å². The fourth-order valence-electron chi connectivity index (χ4n) is 2.55. The Morgan fingerprint density at radius 3 is 2.70 bits per heavy atom. The van der Waals surface area contributed by atoms with Crippen molar-refractivity contribution in [3.05, 3.63) is 34.1 Å². The molecule has 0 spiro atoms. The Kier molecular flexibility index (Phi) is 4.54. The topological polar surface area (TPSA) is 93.4 Å². The molecule has 0 saturated carbocycles. The molecule has 3 rings (SSSR count). The Morgan fingerprint density at radius 2 is 2.04 bits per heavy atom. The summed E-state index contributed by atoms with van der Waals surface area (Å²) in [5.74, 6) is -0.576. The van der Waals surface area contributed by atoms with Crippen LogP contribution in [-0.2, 0) is 14.8 Å². The number of anilines is 1. The normalized spacial score (nSPS) is 18.6. The van der Waals surface area contributed by atoms with Crippen LogP contribution in [0.4, 0.5) is 5.13 Å². The summed E-state index contributed by atoms with van der Waals surface area (Å²) in [6.45, 7) is 0.336. The molecular weight excluding hydrogens is 402 g/mol. The zero-order valence-corrected chi connectivity index (χ0v) is 15.2. The number of hydrogen-bond donors (Lipinski definition) is 1. The summed E-state index contributed by atoms with van der Waals surface area (Å²) in [5, 5.41) is 7.54. The fraction of sp³-hybridized carbons (Fsp3) is 0.286. The Hall–Kier alpha value is -1.29. The summed E-state index contributed by atoms with van der Waals surface area (Å²) in [6.07, 6.45) is 0.184. The minimum atomic E-state index is -3.58. The Bertz CT molecular complexity index is 833. The number of carbonyl (C=O) groups is 1. The number of hydrogen-bond acceptors (Lipinski definition) is 5. The van der Waals surface area contributed by atoms with Crippen molar-refractivity contribution in [3.8, 4) is 11.3 Å². The van der Waals surface area contributed by atoms with Gasteiger partial charge in [0, 0.05) is 34.3 Å². The van der Waals surface area contributed by atoms with E-state index >= 15 is 0 Å². The van der Waals surface area contributed by atoms with Gasteiger partial charge in [0.2, 0.25) is 15.9 Å². The molecule has 2 aromatic rings. The lowest BCUT2D eigenvalue weighted by Crippen LogP contribution is -2.27. The van der Waals surface area contributed by atoms with Crippen molar-refractivity contribution < 1.29 is 13.2 Å². The average Bonchev–Trinajstić information content (AvgIpc) is 3.04. The number of primary sulfonamides is 1. The van der Waals surface area contributed by atoms with Crippen LogP contribution in [-0.4, -0.2) is 31.6 Å². The van der Waals surface area contributed by atoms with E-state index in [-0.39, 0.29) is 24.0 Å². The molecule has 1 unspecified atom stereocenters. The monoisotopic (exact) mass is 415 g/mol. The SMILES string of the molecule is NS(=O)(=O)CC1CC(=O)N(c2nc(-c3ccc(Br)cc3)cs2)C1. The van der Waals surface area contributed by atoms with E-state index in [0.29, 0.717) is 11.7 Å². The van der Waals surface area contributed by atoms with Crippen molar-refractivity contribution >= 4 is 48.3 Å². The zero-order chi connectivity index (χ0) is 16.6. The van der Waals surface area contributed by atoms with Gasteiger partial charge in [-0.05, 0) is 12.1 Å². The first-order valence-corrected chi connectivity index (χ1v) is 10.2. The fourth-order valence-corrected chi connectivity index (χ4v) is 4.55. The number of carbonyl (C=O) groups excluding carboxylic acids is 1. The van der Waals surface area contributed by atoms with E-state index in [1.807, 2.05) is 29.6 Å². The summed E-state index contributed by atoms with van der Waals surface area (Å²) in [6, 6.07) is 7.74. The van der Waals surface area contributed by atoms with E-state index in [1.54, 1.807) is 4.90 Å². The quantitative estimate of drug-likeness (QED) is 0.827. The van der Waals surface area contributed by atoms with Gasteiger partial charge < -0.3 is 0 Å². The van der Waals surface area contributed by atoms with E-state index in [9.17, 15) is 13.2 Å². The van der Waals surface area contributed by atoms with Gasteiger partial charge in [0.05, 0.1) is 11.4 Å². The van der Waals surface area contributed by atoms with Crippen molar-refractivity contribution in [2.24, 2.45) is 11.1 Å². The third-order valence-corrected chi connectivity index (χ3v) is 5.86. The average molecular weight is 416 g/mol. The maximum Gasteiger partial charge on any atom is 0.229 e. The lowest BCUT2D eigenvalue weighted by molar-refractivity contribution is -0.117. The van der Waals surface area contributed by atoms with E-state index in [0.717, 1.165) is 15.7 Å². The first-order chi connectivity index (χ1) is 10.8. The number of halogens is 1. The molecule has 1 aliphatic rings. The largest absolute Gasteiger partial charge is 0.288 e. The molecule has 2 heterocycles. The van der Waals surface area contributed by atoms with Crippen LogP contribution in [0.15, 0.2) is 34.1 Å². The number of sulfonamides is 1. The molecule has 1 amide bonds. The maximum atomic E-state index is 12.1. The van der Waals surface area contributed by atoms with Crippen LogP contribution in [0, 0.1) is 5.92 Å². The Morgan fingerprint density at radius 1 is 1.35 bits per heavy atom. The molecule has 1 aromatic heterocycles. The van der Waals surface area contributed by atoms with Gasteiger partial charge in [-0.3, -0.25) is 9.69 Å². The third-order valence-electron chi connectivity index (χ3n) is 3.54. The molecule has 0 radical (unpaired) electrons. The number of benzene rings is 1. The van der Waals surface area contributed by atoms with Gasteiger partial charge in [-0.25, -0.2) is 18.5 Å². The first-order valence-electron chi connectivity index (χ1n) is 6.84. The molecule has 1 fully saturated rings. The second-order valence-corrected chi connectivity index (χ2v) is 8.84. The van der Waals surface area contributed by atoms with E-state index in [2.05, 4.69) is 20.9 Å². The van der Waals surface area contributed by atoms with Crippen molar-refractivity contribution in [1.82, 2.24) is 4.98 Å². The van der Waals surface area contributed by atoms with Crippen molar-refractivity contribution in [3.63, 3.8) is 0 Å². The lowest BCUT2D eigenvalue weighted by atomic mass is 10.1. The highest BCUT2D eigenvalue weighted by Gasteiger charge is 2.34. The molecule has 6 nitrogen and oxygen atoms in total. The molecule has 0 aliphatic carbocycles. The van der Waals surface area contributed by atoms with Gasteiger partial charge >= 0.3 is 0 Å². The number of thiazole rings is 1. The summed E-state index contributed by atoms with van der Waals surface area (Å²) >= 11 is 4.76. The number of aromatic nitrogens is 1. The molecule has 1 aromatic carbocycles. The smallest absolute Gasteiger partial charge is 0.229 e. The molecule has 1 atom stereocenters. The van der Waals surface area contributed by atoms with Gasteiger partial charge in [-0.2, -0.15) is 0 Å². The molecule has 1 saturated heterocycles. The molecule has 1 aliphatic heterocycles. The van der Waals surface area contributed by atoms with Crippen LogP contribution in [0.3, 0.4) is 0 Å². The maximum absolute atomic E-state index is 12.1. The minimum absolute atomic E-state index is 0.115. The standard InChI is InChI=1S/C14H14BrN3O3S2/c15-11-3-1-10(2-4-11)12-7-22-14(17-12)18-6-9(5-13(18)19)8-23(16,20)21/h1-4,7,9H,5-6,8H2,(H2,16,20,21). The predicted molar refractivity (Wildman–Crippen MR) is 93.7 cm³/mol. The van der Waals surface area contributed by atoms with Crippen molar-refractivity contribution in [1.29, 1.82) is 0 Å². The summed E-state index contributed by atoms with van der Waals surface area (Å²) in [7, 11) is -3.58. The molecule has 0 bridgehead atoms. The predicted octanol–water partition coefficient (Wildman–Crippen LogP) is 2.21. The van der Waals surface area contributed by atoms with Gasteiger partial charge in [0.25, 0.3) is 0 Å². The molecule has 9 heteroatoms. The zero-order valence-electron chi connectivity index (χ0n) is 12.0. The molecular formula is C14H14BrN3O3S2. The second-order valence-electron chi connectivity index (χ2n) is 5.43. The number of amides is 1. The van der Waals surface area contributed by atoms with Crippen LogP contribution in [0.25, 0.3) is 11.3 Å². The van der Waals surface area contributed by atoms with Crippen molar-refractivity contribution in [2.45, 2.75) is 6.42 Å². The molecule has 2 N–H and O–H groups in total. The minimum Gasteiger partial charge on any atom is -0.288 e. The Balaban J connectivity index is 1.78. The van der Waals surface area contributed by atoms with E-state index < -0.39 is 10.0 Å². The summed E-state index contributed by atoms with van der Waals surface area (Å²) in [4.78, 5) is 18.2. The Labute approximate surface area is 146 Å². The van der Waals surface area contributed by atoms with Crippen LogP contribution in [0.2, 0.25) is 0 Å². The van der Waals surface area contributed by atoms with Crippen LogP contribution < -0.4 is 10.0 Å². The summed E-state index contributed by atoms with van der Waals surface area (Å²) < 4.78 is 23.4. The highest BCUT2D eigenvalue weighted by molar-refractivity contribution is 9.10. The molecule has 122 valence electrons. The highest BCUT2D eigenvalue weighted by atomic mass is 79.9. The van der Waals surface area contributed by atoms with E-state index in [4.69, 9.17) is 5.14 Å².